The van der Waals surface area contributed by atoms with Crippen molar-refractivity contribution in [3.63, 3.8) is 0 Å². The minimum Gasteiger partial charge on any atom is -0.265 e. The van der Waals surface area contributed by atoms with Gasteiger partial charge >= 0.3 is 0 Å². The maximum Gasteiger partial charge on any atom is 0.0267 e. The average Bonchev–Trinajstić information content (AvgIpc) is 2.66. The molecule has 0 unspecified atom stereocenters. The topological polar surface area (TPSA) is 12.9 Å². The Balaban J connectivity index is 0.000000153. The fourth-order valence-electron chi connectivity index (χ4n) is 2.17. The zero-order valence-corrected chi connectivity index (χ0v) is 10.2. The van der Waals surface area contributed by atoms with Crippen LogP contribution in [0.25, 0.3) is 0 Å². The smallest absolute Gasteiger partial charge is 0.0267 e. The summed E-state index contributed by atoms with van der Waals surface area (Å²) in [7, 11) is 0. The van der Waals surface area contributed by atoms with E-state index in [1.807, 2.05) is 18.2 Å². The van der Waals surface area contributed by atoms with Gasteiger partial charge in [0.15, 0.2) is 0 Å². The van der Waals surface area contributed by atoms with Crippen LogP contribution in [0, 0.1) is 0 Å². The van der Waals surface area contributed by atoms with E-state index < -0.39 is 0 Å². The van der Waals surface area contributed by atoms with Crippen LogP contribution in [0.1, 0.15) is 30.4 Å². The van der Waals surface area contributed by atoms with Crippen LogP contribution in [0.4, 0.5) is 0 Å². The van der Waals surface area contributed by atoms with E-state index in [1.54, 1.807) is 23.5 Å². The Kier molecular flexibility index (Phi) is 4.77. The van der Waals surface area contributed by atoms with Crippen molar-refractivity contribution in [3.05, 3.63) is 66.0 Å². The molecule has 0 aliphatic heterocycles. The number of benzene rings is 1. The number of aryl methyl sites for hydroxylation is 2. The van der Waals surface area contributed by atoms with E-state index in [0.717, 1.165) is 0 Å². The first-order valence-corrected chi connectivity index (χ1v) is 6.38. The molecule has 1 nitrogen and oxygen atoms in total. The number of fused-ring (bicyclic) bond motifs is 1. The molecule has 88 valence electrons. The molecule has 1 heterocycles. The van der Waals surface area contributed by atoms with Gasteiger partial charge in [0.1, 0.15) is 0 Å². The highest BCUT2D eigenvalue weighted by Crippen LogP contribution is 2.19. The molecule has 0 atom stereocenters. The summed E-state index contributed by atoms with van der Waals surface area (Å²) >= 11 is 0. The molecule has 0 amide bonds. The Morgan fingerprint density at radius 2 is 1.24 bits per heavy atom. The summed E-state index contributed by atoms with van der Waals surface area (Å²) in [6, 6.07) is 14.6. The average molecular weight is 225 g/mol. The summed E-state index contributed by atoms with van der Waals surface area (Å²) in [5.41, 5.74) is 3.18. The van der Waals surface area contributed by atoms with Crippen molar-refractivity contribution >= 4 is 0 Å². The second-order valence-corrected chi connectivity index (χ2v) is 4.35. The van der Waals surface area contributed by atoms with Crippen molar-refractivity contribution in [2.45, 2.75) is 32.1 Å². The van der Waals surface area contributed by atoms with E-state index in [-0.39, 0.29) is 0 Å². The van der Waals surface area contributed by atoms with Gasteiger partial charge in [0, 0.05) is 12.4 Å². The van der Waals surface area contributed by atoms with Gasteiger partial charge in [0.2, 0.25) is 0 Å². The highest BCUT2D eigenvalue weighted by atomic mass is 14.6. The number of hydrogen-bond acceptors (Lipinski definition) is 1. The predicted molar refractivity (Wildman–Crippen MR) is 71.9 cm³/mol. The highest BCUT2D eigenvalue weighted by Gasteiger charge is 2.05. The highest BCUT2D eigenvalue weighted by molar-refractivity contribution is 5.27. The first-order valence-electron chi connectivity index (χ1n) is 6.38. The van der Waals surface area contributed by atoms with Crippen LogP contribution in [0.15, 0.2) is 54.9 Å². The fraction of sp³-hybridized carbons (Fsp3) is 0.312. The lowest BCUT2D eigenvalue weighted by atomic mass is 10.0. The molecule has 1 aliphatic carbocycles. The van der Waals surface area contributed by atoms with Crippen molar-refractivity contribution in [2.24, 2.45) is 0 Å². The van der Waals surface area contributed by atoms with Crippen LogP contribution in [-0.2, 0) is 12.8 Å². The van der Waals surface area contributed by atoms with Crippen LogP contribution in [-0.4, -0.2) is 4.98 Å². The van der Waals surface area contributed by atoms with Crippen molar-refractivity contribution in [3.8, 4) is 0 Å². The molecule has 2 aromatic rings. The molecule has 1 aromatic carbocycles. The van der Waals surface area contributed by atoms with Gasteiger partial charge in [-0.1, -0.05) is 36.8 Å². The molecule has 1 aromatic heterocycles. The minimum absolute atomic E-state index is 1.30. The van der Waals surface area contributed by atoms with Crippen molar-refractivity contribution in [1.82, 2.24) is 4.98 Å². The van der Waals surface area contributed by atoms with E-state index >= 15 is 0 Å². The maximum atomic E-state index is 3.78. The molecule has 0 radical (unpaired) electrons. The molecule has 0 N–H and O–H groups in total. The Bertz CT molecular complexity index is 371. The Morgan fingerprint density at radius 1 is 0.647 bits per heavy atom. The van der Waals surface area contributed by atoms with Gasteiger partial charge in [0.05, 0.1) is 0 Å². The largest absolute Gasteiger partial charge is 0.265 e. The first-order chi connectivity index (χ1) is 8.47. The van der Waals surface area contributed by atoms with Crippen LogP contribution in [0.3, 0.4) is 0 Å². The summed E-state index contributed by atoms with van der Waals surface area (Å²) in [6.07, 6.45) is 10.3. The van der Waals surface area contributed by atoms with Crippen molar-refractivity contribution in [2.75, 3.05) is 0 Å². The van der Waals surface area contributed by atoms with E-state index in [4.69, 9.17) is 0 Å². The van der Waals surface area contributed by atoms with E-state index in [0.29, 0.717) is 0 Å². The summed E-state index contributed by atoms with van der Waals surface area (Å²) in [4.78, 5) is 3.78. The first kappa shape index (κ1) is 11.8. The molecular formula is C16H19N. The quantitative estimate of drug-likeness (QED) is 0.617. The third kappa shape index (κ3) is 4.03. The summed E-state index contributed by atoms with van der Waals surface area (Å²) < 4.78 is 0. The van der Waals surface area contributed by atoms with Crippen molar-refractivity contribution < 1.29 is 0 Å². The minimum atomic E-state index is 1.30. The molecule has 0 fully saturated rings. The normalized spacial score (nSPS) is 13.9. The predicted octanol–water partition coefficient (Wildman–Crippen LogP) is 4.04. The lowest BCUT2D eigenvalue weighted by Gasteiger charge is -2.02. The Morgan fingerprint density at radius 3 is 1.65 bits per heavy atom. The standard InChI is InChI=1S/C11H14.C5H5N/c1-2-6-10-8-4-5-9-11(10)7-3-1;1-2-4-6-5-3-1/h4-5,8-9H,1-3,6-7H2;1-5H. The number of pyridine rings is 1. The second-order valence-electron chi connectivity index (χ2n) is 4.35. The maximum absolute atomic E-state index is 3.78. The Labute approximate surface area is 104 Å². The number of hydrogen-bond donors (Lipinski definition) is 0. The van der Waals surface area contributed by atoms with Crippen LogP contribution >= 0.6 is 0 Å². The van der Waals surface area contributed by atoms with E-state index in [9.17, 15) is 0 Å². The van der Waals surface area contributed by atoms with Crippen LogP contribution in [0.2, 0.25) is 0 Å². The molecule has 3 rings (SSSR count). The monoisotopic (exact) mass is 225 g/mol. The van der Waals surface area contributed by atoms with Crippen molar-refractivity contribution in [1.29, 1.82) is 0 Å². The van der Waals surface area contributed by atoms with E-state index in [1.165, 1.54) is 32.1 Å². The van der Waals surface area contributed by atoms with Crippen LogP contribution in [0.5, 0.6) is 0 Å². The summed E-state index contributed by atoms with van der Waals surface area (Å²) in [5.74, 6) is 0. The number of aromatic nitrogens is 1. The van der Waals surface area contributed by atoms with Gasteiger partial charge in [-0.2, -0.15) is 0 Å². The lowest BCUT2D eigenvalue weighted by Crippen LogP contribution is -1.88. The molecule has 0 bridgehead atoms. The third-order valence-electron chi connectivity index (χ3n) is 3.08. The molecule has 0 saturated carbocycles. The van der Waals surface area contributed by atoms with Crippen LogP contribution < -0.4 is 0 Å². The van der Waals surface area contributed by atoms with E-state index in [2.05, 4.69) is 29.2 Å². The SMILES string of the molecule is c1ccc2c(c1)CCCCC2.c1ccncc1. The van der Waals surface area contributed by atoms with Gasteiger partial charge in [0.25, 0.3) is 0 Å². The second kappa shape index (κ2) is 6.85. The van der Waals surface area contributed by atoms with Gasteiger partial charge in [-0.15, -0.1) is 0 Å². The number of nitrogens with zero attached hydrogens (tertiary/aromatic N) is 1. The molecule has 0 saturated heterocycles. The molecule has 0 spiro atoms. The fourth-order valence-corrected chi connectivity index (χ4v) is 2.17. The summed E-state index contributed by atoms with van der Waals surface area (Å²) in [6.45, 7) is 0. The van der Waals surface area contributed by atoms with Gasteiger partial charge in [-0.25, -0.2) is 0 Å². The number of rotatable bonds is 0. The van der Waals surface area contributed by atoms with Gasteiger partial charge in [-0.05, 0) is 48.9 Å². The molecular weight excluding hydrogens is 206 g/mol. The molecule has 17 heavy (non-hydrogen) atoms. The summed E-state index contributed by atoms with van der Waals surface area (Å²) in [5, 5.41) is 0. The Hall–Kier alpha value is -1.63. The van der Waals surface area contributed by atoms with Gasteiger partial charge in [-0.3, -0.25) is 4.98 Å². The zero-order chi connectivity index (χ0) is 11.8. The lowest BCUT2D eigenvalue weighted by molar-refractivity contribution is 0.711. The zero-order valence-electron chi connectivity index (χ0n) is 10.2. The molecule has 1 heteroatoms. The molecule has 1 aliphatic rings. The van der Waals surface area contributed by atoms with Gasteiger partial charge < -0.3 is 0 Å². The third-order valence-corrected chi connectivity index (χ3v) is 3.08.